The molecule has 1 N–H and O–H groups in total. The molecule has 0 radical (unpaired) electrons. The van der Waals surface area contributed by atoms with Crippen LogP contribution in [0.25, 0.3) is 0 Å². The standard InChI is InChI=1S/C21H16ClN3O3S/c1-14-2-9-18(10-3-14)29-20-11-4-15(12-19(20)25(27)28)13-23-24-21(26)16-5-7-17(22)8-6-16/h2-13H,1H3,(H,24,26)/b23-13-. The molecule has 0 aliphatic carbocycles. The highest BCUT2D eigenvalue weighted by Crippen LogP contribution is 2.35. The molecule has 0 spiro atoms. The van der Waals surface area contributed by atoms with E-state index < -0.39 is 10.8 Å². The van der Waals surface area contributed by atoms with Crippen molar-refractivity contribution in [3.63, 3.8) is 0 Å². The molecule has 0 atom stereocenters. The van der Waals surface area contributed by atoms with Crippen LogP contribution in [0, 0.1) is 17.0 Å². The van der Waals surface area contributed by atoms with Gasteiger partial charge in [0.15, 0.2) is 0 Å². The van der Waals surface area contributed by atoms with Gasteiger partial charge in [-0.1, -0.05) is 47.1 Å². The van der Waals surface area contributed by atoms with E-state index in [9.17, 15) is 14.9 Å². The van der Waals surface area contributed by atoms with E-state index in [1.54, 1.807) is 36.4 Å². The molecular formula is C21H16ClN3O3S. The maximum atomic E-state index is 12.0. The van der Waals surface area contributed by atoms with Gasteiger partial charge in [0.1, 0.15) is 0 Å². The Bertz CT molecular complexity index is 1070. The Morgan fingerprint density at radius 1 is 1.10 bits per heavy atom. The van der Waals surface area contributed by atoms with Crippen LogP contribution in [0.2, 0.25) is 5.02 Å². The Hall–Kier alpha value is -3.16. The number of hydrogen-bond acceptors (Lipinski definition) is 5. The summed E-state index contributed by atoms with van der Waals surface area (Å²) in [6.45, 7) is 1.98. The first-order chi connectivity index (χ1) is 13.9. The Balaban J connectivity index is 1.73. The fourth-order valence-corrected chi connectivity index (χ4v) is 3.43. The number of aryl methyl sites for hydroxylation is 1. The van der Waals surface area contributed by atoms with E-state index in [0.717, 1.165) is 10.5 Å². The number of rotatable bonds is 6. The molecule has 0 saturated carbocycles. The van der Waals surface area contributed by atoms with E-state index in [-0.39, 0.29) is 5.69 Å². The van der Waals surface area contributed by atoms with E-state index in [1.165, 1.54) is 24.0 Å². The molecule has 146 valence electrons. The van der Waals surface area contributed by atoms with Crippen LogP contribution in [0.1, 0.15) is 21.5 Å². The Morgan fingerprint density at radius 2 is 1.79 bits per heavy atom. The van der Waals surface area contributed by atoms with Crippen LogP contribution < -0.4 is 5.43 Å². The van der Waals surface area contributed by atoms with E-state index in [2.05, 4.69) is 10.5 Å². The molecular weight excluding hydrogens is 410 g/mol. The quantitative estimate of drug-likeness (QED) is 0.322. The number of nitro benzene ring substituents is 1. The summed E-state index contributed by atoms with van der Waals surface area (Å²) in [6.07, 6.45) is 1.36. The Morgan fingerprint density at radius 3 is 2.45 bits per heavy atom. The number of nitrogens with zero attached hydrogens (tertiary/aromatic N) is 2. The number of carbonyl (C=O) groups excluding carboxylic acids is 1. The normalized spacial score (nSPS) is 10.8. The van der Waals surface area contributed by atoms with Crippen molar-refractivity contribution >= 4 is 41.2 Å². The van der Waals surface area contributed by atoms with Gasteiger partial charge in [-0.25, -0.2) is 5.43 Å². The molecule has 0 unspecified atom stereocenters. The highest BCUT2D eigenvalue weighted by molar-refractivity contribution is 7.99. The average Bonchev–Trinajstić information content (AvgIpc) is 2.71. The lowest BCUT2D eigenvalue weighted by atomic mass is 10.2. The zero-order chi connectivity index (χ0) is 20.8. The predicted molar refractivity (Wildman–Crippen MR) is 115 cm³/mol. The van der Waals surface area contributed by atoms with Crippen molar-refractivity contribution < 1.29 is 9.72 Å². The number of halogens is 1. The van der Waals surface area contributed by atoms with Crippen LogP contribution in [-0.2, 0) is 0 Å². The summed E-state index contributed by atoms with van der Waals surface area (Å²) in [6, 6.07) is 18.9. The van der Waals surface area contributed by atoms with Crippen molar-refractivity contribution in [3.8, 4) is 0 Å². The van der Waals surface area contributed by atoms with Crippen molar-refractivity contribution in [1.82, 2.24) is 5.43 Å². The first-order valence-electron chi connectivity index (χ1n) is 8.54. The largest absolute Gasteiger partial charge is 0.283 e. The number of carbonyl (C=O) groups is 1. The second-order valence-corrected chi connectivity index (χ2v) is 7.66. The number of amides is 1. The number of benzene rings is 3. The topological polar surface area (TPSA) is 84.6 Å². The first kappa shape index (κ1) is 20.6. The van der Waals surface area contributed by atoms with E-state index >= 15 is 0 Å². The third-order valence-corrected chi connectivity index (χ3v) is 5.24. The van der Waals surface area contributed by atoms with E-state index in [4.69, 9.17) is 11.6 Å². The number of hydrogen-bond donors (Lipinski definition) is 1. The SMILES string of the molecule is Cc1ccc(Sc2ccc(/C=N\NC(=O)c3ccc(Cl)cc3)cc2[N+](=O)[O-])cc1. The van der Waals surface area contributed by atoms with Crippen molar-refractivity contribution in [2.75, 3.05) is 0 Å². The van der Waals surface area contributed by atoms with Gasteiger partial charge in [0, 0.05) is 27.1 Å². The van der Waals surface area contributed by atoms with Crippen molar-refractivity contribution in [2.24, 2.45) is 5.10 Å². The van der Waals surface area contributed by atoms with Gasteiger partial charge in [-0.15, -0.1) is 0 Å². The minimum atomic E-state index is -0.430. The van der Waals surface area contributed by atoms with Crippen LogP contribution >= 0.6 is 23.4 Å². The molecule has 0 aromatic heterocycles. The minimum Gasteiger partial charge on any atom is -0.267 e. The summed E-state index contributed by atoms with van der Waals surface area (Å²) >= 11 is 7.11. The lowest BCUT2D eigenvalue weighted by molar-refractivity contribution is -0.387. The maximum absolute atomic E-state index is 12.0. The van der Waals surface area contributed by atoms with Gasteiger partial charge in [-0.05, 0) is 49.4 Å². The molecule has 0 aliphatic heterocycles. The molecule has 3 aromatic rings. The molecule has 1 amide bonds. The van der Waals surface area contributed by atoms with Gasteiger partial charge in [0.05, 0.1) is 16.0 Å². The van der Waals surface area contributed by atoms with Crippen molar-refractivity contribution in [3.05, 3.63) is 98.6 Å². The summed E-state index contributed by atoms with van der Waals surface area (Å²) in [7, 11) is 0. The minimum absolute atomic E-state index is 0.0245. The van der Waals surface area contributed by atoms with Gasteiger partial charge in [0.2, 0.25) is 0 Å². The van der Waals surface area contributed by atoms with Gasteiger partial charge in [-0.3, -0.25) is 14.9 Å². The third-order valence-electron chi connectivity index (χ3n) is 3.91. The molecule has 3 rings (SSSR count). The maximum Gasteiger partial charge on any atom is 0.283 e. The van der Waals surface area contributed by atoms with Gasteiger partial charge >= 0.3 is 0 Å². The summed E-state index contributed by atoms with van der Waals surface area (Å²) in [5, 5.41) is 15.9. The first-order valence-corrected chi connectivity index (χ1v) is 9.74. The van der Waals surface area contributed by atoms with Crippen LogP contribution in [-0.4, -0.2) is 17.0 Å². The van der Waals surface area contributed by atoms with Gasteiger partial charge in [-0.2, -0.15) is 5.10 Å². The highest BCUT2D eigenvalue weighted by Gasteiger charge is 2.15. The van der Waals surface area contributed by atoms with Crippen LogP contribution in [0.4, 0.5) is 5.69 Å². The highest BCUT2D eigenvalue weighted by atomic mass is 35.5. The predicted octanol–water partition coefficient (Wildman–Crippen LogP) is 5.47. The zero-order valence-corrected chi connectivity index (χ0v) is 16.9. The fourth-order valence-electron chi connectivity index (χ4n) is 2.41. The molecule has 0 aliphatic rings. The smallest absolute Gasteiger partial charge is 0.267 e. The Labute approximate surface area is 176 Å². The number of hydrazone groups is 1. The molecule has 0 fully saturated rings. The summed E-state index contributed by atoms with van der Waals surface area (Å²) in [4.78, 5) is 24.5. The second kappa shape index (κ2) is 9.36. The molecule has 0 heterocycles. The van der Waals surface area contributed by atoms with Crippen LogP contribution in [0.3, 0.4) is 0 Å². The summed E-state index contributed by atoms with van der Waals surface area (Å²) < 4.78 is 0. The van der Waals surface area contributed by atoms with E-state index in [1.807, 2.05) is 31.2 Å². The molecule has 0 bridgehead atoms. The lowest BCUT2D eigenvalue weighted by Crippen LogP contribution is -2.17. The average molecular weight is 426 g/mol. The molecule has 0 saturated heterocycles. The Kier molecular flexibility index (Phi) is 6.64. The second-order valence-electron chi connectivity index (χ2n) is 6.11. The van der Waals surface area contributed by atoms with Gasteiger partial charge < -0.3 is 0 Å². The molecule has 6 nitrogen and oxygen atoms in total. The van der Waals surface area contributed by atoms with Crippen molar-refractivity contribution in [2.45, 2.75) is 16.7 Å². The van der Waals surface area contributed by atoms with Crippen LogP contribution in [0.5, 0.6) is 0 Å². The summed E-state index contributed by atoms with van der Waals surface area (Å²) in [5.74, 6) is -0.404. The lowest BCUT2D eigenvalue weighted by Gasteiger charge is -2.05. The number of nitro groups is 1. The number of nitrogens with one attached hydrogen (secondary N) is 1. The van der Waals surface area contributed by atoms with Crippen LogP contribution in [0.15, 0.2) is 81.6 Å². The molecule has 29 heavy (non-hydrogen) atoms. The molecule has 8 heteroatoms. The van der Waals surface area contributed by atoms with E-state index in [0.29, 0.717) is 21.0 Å². The molecule has 3 aromatic carbocycles. The van der Waals surface area contributed by atoms with Gasteiger partial charge in [0.25, 0.3) is 11.6 Å². The monoisotopic (exact) mass is 425 g/mol. The third kappa shape index (κ3) is 5.66. The fraction of sp³-hybridized carbons (Fsp3) is 0.0476. The van der Waals surface area contributed by atoms with Crippen molar-refractivity contribution in [1.29, 1.82) is 0 Å². The summed E-state index contributed by atoms with van der Waals surface area (Å²) in [5.41, 5.74) is 4.39. The zero-order valence-electron chi connectivity index (χ0n) is 15.3.